The van der Waals surface area contributed by atoms with Gasteiger partial charge >= 0.3 is 6.09 Å². The highest BCUT2D eigenvalue weighted by molar-refractivity contribution is 7.98. The fourth-order valence-electron chi connectivity index (χ4n) is 9.82. The smallest absolute Gasteiger partial charge is 0.415 e. The van der Waals surface area contributed by atoms with E-state index in [9.17, 15) is 25.1 Å². The molecule has 14 nitrogen and oxygen atoms in total. The normalized spacial score (nSPS) is 25.2. The first-order chi connectivity index (χ1) is 31.2. The van der Waals surface area contributed by atoms with E-state index in [1.54, 1.807) is 22.7 Å². The summed E-state index contributed by atoms with van der Waals surface area (Å²) >= 11 is 1.66. The summed E-state index contributed by atoms with van der Waals surface area (Å²) in [5.74, 6) is -0.168. The number of carbonyl (C=O) groups excluding carboxylic acids is 1. The van der Waals surface area contributed by atoms with Crippen molar-refractivity contribution >= 4 is 29.3 Å². The summed E-state index contributed by atoms with van der Waals surface area (Å²) in [6, 6.07) is 18.4. The van der Waals surface area contributed by atoms with Gasteiger partial charge in [-0.1, -0.05) is 37.1 Å². The van der Waals surface area contributed by atoms with Crippen LogP contribution in [-0.4, -0.2) is 89.2 Å². The molecule has 2 N–H and O–H groups in total. The van der Waals surface area contributed by atoms with Gasteiger partial charge in [0.05, 0.1) is 29.8 Å². The Morgan fingerprint density at radius 1 is 1.02 bits per heavy atom. The van der Waals surface area contributed by atoms with E-state index >= 15 is 0 Å². The van der Waals surface area contributed by atoms with Crippen LogP contribution in [0.25, 0.3) is 0 Å². The lowest BCUT2D eigenvalue weighted by molar-refractivity contribution is -0.384. The molecule has 2 aliphatic heterocycles. The summed E-state index contributed by atoms with van der Waals surface area (Å²) < 4.78 is 32.9. The predicted octanol–water partition coefficient (Wildman–Crippen LogP) is 10.2. The number of unbranched alkanes of at least 4 members (excludes halogenated alkanes) is 2. The number of nitrogens with zero attached hydrogens (tertiary/aromatic N) is 3. The van der Waals surface area contributed by atoms with Crippen molar-refractivity contribution in [2.45, 2.75) is 106 Å². The number of aliphatic hydroxyl groups is 2. The molecule has 64 heavy (non-hydrogen) atoms. The molecule has 4 aliphatic rings. The molecular weight excluding hydrogens is 839 g/mol. The fraction of sp³-hybridized carbons (Fsp3) is 0.510. The highest BCUT2D eigenvalue weighted by atomic mass is 32.2. The second-order valence-corrected chi connectivity index (χ2v) is 17.6. The lowest BCUT2D eigenvalue weighted by Crippen LogP contribution is -2.70. The minimum Gasteiger partial charge on any atom is -0.459 e. The van der Waals surface area contributed by atoms with Gasteiger partial charge in [-0.3, -0.25) is 15.0 Å². The SMILES string of the molecule is C=CCOC12Oc3ccc(Oc4ccc(SC)cc4)cc3C3C(CCCCO)C(CCCCO)C=C(C(=NOC4CCCCO4)CC1N(CCC)C(=O)Oc1ccc([N+](=O)[O-])cc1)C32. The van der Waals surface area contributed by atoms with Gasteiger partial charge in [-0.05, 0) is 123 Å². The van der Waals surface area contributed by atoms with Gasteiger partial charge in [-0.2, -0.15) is 0 Å². The van der Waals surface area contributed by atoms with Crippen LogP contribution in [0, 0.1) is 27.9 Å². The van der Waals surface area contributed by atoms with E-state index in [4.69, 9.17) is 33.7 Å². The van der Waals surface area contributed by atoms with Crippen molar-refractivity contribution in [3.8, 4) is 23.0 Å². The zero-order chi connectivity index (χ0) is 45.1. The maximum Gasteiger partial charge on any atom is 0.415 e. The molecule has 1 saturated heterocycles. The third-order valence-corrected chi connectivity index (χ3v) is 13.4. The lowest BCUT2D eigenvalue weighted by Gasteiger charge is -2.59. The molecule has 7 rings (SSSR count). The van der Waals surface area contributed by atoms with Crippen LogP contribution >= 0.6 is 11.8 Å². The van der Waals surface area contributed by atoms with Crippen LogP contribution in [0.4, 0.5) is 10.5 Å². The van der Waals surface area contributed by atoms with Crippen molar-refractivity contribution in [2.75, 3.05) is 39.2 Å². The Balaban J connectivity index is 1.41. The van der Waals surface area contributed by atoms with Gasteiger partial charge in [0.15, 0.2) is 0 Å². The molecule has 2 fully saturated rings. The molecule has 344 valence electrons. The number of benzene rings is 3. The van der Waals surface area contributed by atoms with Crippen molar-refractivity contribution in [3.63, 3.8) is 0 Å². The maximum absolute atomic E-state index is 14.7. The highest BCUT2D eigenvalue weighted by Gasteiger charge is 2.65. The molecule has 7 atom stereocenters. The van der Waals surface area contributed by atoms with Crippen LogP contribution in [0.5, 0.6) is 23.0 Å². The summed E-state index contributed by atoms with van der Waals surface area (Å²) in [6.45, 7) is 7.08. The quantitative estimate of drug-likeness (QED) is 0.0341. The number of hydrogen-bond donors (Lipinski definition) is 2. The minimum absolute atomic E-state index is 0.0127. The van der Waals surface area contributed by atoms with Gasteiger partial charge < -0.3 is 38.7 Å². The van der Waals surface area contributed by atoms with E-state index in [2.05, 4.69) is 18.7 Å². The van der Waals surface area contributed by atoms with E-state index in [1.807, 2.05) is 49.6 Å². The molecule has 0 radical (unpaired) electrons. The van der Waals surface area contributed by atoms with E-state index < -0.39 is 35.1 Å². The van der Waals surface area contributed by atoms with Crippen molar-refractivity contribution in [3.05, 3.63) is 107 Å². The fourth-order valence-corrected chi connectivity index (χ4v) is 10.2. The average Bonchev–Trinajstić information content (AvgIpc) is 3.31. The molecular formula is C49H61N3O11S. The highest BCUT2D eigenvalue weighted by Crippen LogP contribution is 2.62. The molecule has 1 amide bonds. The second-order valence-electron chi connectivity index (χ2n) is 16.8. The topological polar surface area (TPSA) is 172 Å². The minimum atomic E-state index is -1.50. The Morgan fingerprint density at radius 2 is 1.75 bits per heavy atom. The Kier molecular flexibility index (Phi) is 16.4. The van der Waals surface area contributed by atoms with Gasteiger partial charge in [-0.25, -0.2) is 4.79 Å². The van der Waals surface area contributed by atoms with Gasteiger partial charge in [0.2, 0.25) is 12.1 Å². The number of nitro benzene ring substituents is 1. The standard InChI is InChI=1S/C49H61N3O11S/c1-4-25-51(48(55)61-36-17-15-34(16-18-36)52(56)57)44-32-42(50-63-45-14-8-11-29-58-45)40-30-33(12-6-9-26-53)39(13-7-10-27-54)46-41-31-37(60-35-19-22-38(64-3)23-20-35)21-24-43(41)62-49(44,47(40)46)59-28-5-2/h5,15-24,30-31,33,39,44-47,53-54H,2,4,6-14,25-29,32H2,1,3H3. The van der Waals surface area contributed by atoms with Crippen LogP contribution < -0.4 is 14.2 Å². The van der Waals surface area contributed by atoms with Crippen LogP contribution in [0.3, 0.4) is 0 Å². The van der Waals surface area contributed by atoms with Crippen LogP contribution in [0.1, 0.15) is 89.0 Å². The van der Waals surface area contributed by atoms with Crippen molar-refractivity contribution in [1.29, 1.82) is 0 Å². The number of oxime groups is 1. The van der Waals surface area contributed by atoms with Gasteiger partial charge in [0.25, 0.3) is 5.69 Å². The van der Waals surface area contributed by atoms with E-state index in [-0.39, 0.29) is 62.0 Å². The Hall–Kier alpha value is -4.93. The lowest BCUT2D eigenvalue weighted by atomic mass is 9.55. The number of allylic oxidation sites excluding steroid dienone is 1. The number of carbonyl (C=O) groups is 1. The second kappa shape index (κ2) is 22.3. The summed E-state index contributed by atoms with van der Waals surface area (Å²) in [5, 5.41) is 36.3. The Labute approximate surface area is 379 Å². The van der Waals surface area contributed by atoms with Gasteiger partial charge in [-0.15, -0.1) is 18.3 Å². The number of amides is 1. The summed E-state index contributed by atoms with van der Waals surface area (Å²) in [7, 11) is 0. The van der Waals surface area contributed by atoms with Gasteiger partial charge in [0.1, 0.15) is 29.0 Å². The number of hydrogen-bond acceptors (Lipinski definition) is 13. The molecule has 0 spiro atoms. The van der Waals surface area contributed by atoms with Crippen LogP contribution in [-0.2, 0) is 14.3 Å². The molecule has 2 heterocycles. The van der Waals surface area contributed by atoms with Crippen molar-refractivity contribution in [2.24, 2.45) is 22.9 Å². The monoisotopic (exact) mass is 899 g/mol. The number of fused-ring (bicyclic) bond motifs is 2. The number of ether oxygens (including phenoxy) is 5. The molecule has 0 bridgehead atoms. The molecule has 2 aliphatic carbocycles. The van der Waals surface area contributed by atoms with Crippen molar-refractivity contribution < 1.29 is 48.5 Å². The number of aliphatic hydroxyl groups excluding tert-OH is 2. The molecule has 3 aromatic rings. The Bertz CT molecular complexity index is 2110. The molecule has 15 heteroatoms. The predicted molar refractivity (Wildman–Crippen MR) is 244 cm³/mol. The summed E-state index contributed by atoms with van der Waals surface area (Å²) in [4.78, 5) is 34.6. The average molecular weight is 900 g/mol. The van der Waals surface area contributed by atoms with Crippen molar-refractivity contribution in [1.82, 2.24) is 4.90 Å². The van der Waals surface area contributed by atoms with E-state index in [0.29, 0.717) is 55.3 Å². The third-order valence-electron chi connectivity index (χ3n) is 12.7. The van der Waals surface area contributed by atoms with Gasteiger partial charge in [0, 0.05) is 61.1 Å². The molecule has 7 unspecified atom stereocenters. The largest absolute Gasteiger partial charge is 0.459 e. The number of rotatable bonds is 21. The van der Waals surface area contributed by atoms with E-state index in [1.165, 1.54) is 24.3 Å². The molecule has 3 aromatic carbocycles. The first kappa shape index (κ1) is 47.0. The number of thioether (sulfide) groups is 1. The number of nitro groups is 1. The first-order valence-corrected chi connectivity index (χ1v) is 23.9. The van der Waals surface area contributed by atoms with Crippen LogP contribution in [0.15, 0.2) is 101 Å². The summed E-state index contributed by atoms with van der Waals surface area (Å²) in [6.07, 6.45) is 12.6. The summed E-state index contributed by atoms with van der Waals surface area (Å²) in [5.41, 5.74) is 2.35. The Morgan fingerprint density at radius 3 is 2.42 bits per heavy atom. The molecule has 1 saturated carbocycles. The maximum atomic E-state index is 14.7. The number of non-ortho nitro benzene ring substituents is 1. The molecule has 0 aromatic heterocycles. The first-order valence-electron chi connectivity index (χ1n) is 22.6. The zero-order valence-corrected chi connectivity index (χ0v) is 37.6. The third kappa shape index (κ3) is 10.6. The van der Waals surface area contributed by atoms with Crippen LogP contribution in [0.2, 0.25) is 0 Å². The zero-order valence-electron chi connectivity index (χ0n) is 36.8. The van der Waals surface area contributed by atoms with E-state index in [0.717, 1.165) is 54.6 Å².